The molecule has 1 saturated heterocycles. The molecule has 1 amide bonds. The van der Waals surface area contributed by atoms with Crippen LogP contribution in [0.3, 0.4) is 0 Å². The molecule has 0 bridgehead atoms. The van der Waals surface area contributed by atoms with Crippen molar-refractivity contribution in [3.05, 3.63) is 0 Å². The zero-order valence-corrected chi connectivity index (χ0v) is 9.24. The quantitative estimate of drug-likeness (QED) is 0.739. The molecule has 0 aromatic rings. The van der Waals surface area contributed by atoms with Gasteiger partial charge in [0.2, 0.25) is 5.91 Å². The Morgan fingerprint density at radius 1 is 1.33 bits per heavy atom. The van der Waals surface area contributed by atoms with E-state index < -0.39 is 0 Å². The third-order valence-corrected chi connectivity index (χ3v) is 4.75. The van der Waals surface area contributed by atoms with Crippen LogP contribution in [0, 0.1) is 11.8 Å². The first-order valence-electron chi connectivity index (χ1n) is 6.29. The molecule has 0 radical (unpaired) electrons. The fourth-order valence-corrected chi connectivity index (χ4v) is 3.35. The summed E-state index contributed by atoms with van der Waals surface area (Å²) in [6, 6.07) is 0. The maximum atomic E-state index is 12.3. The molecule has 15 heavy (non-hydrogen) atoms. The van der Waals surface area contributed by atoms with Crippen LogP contribution >= 0.6 is 0 Å². The van der Waals surface area contributed by atoms with Crippen molar-refractivity contribution in [2.75, 3.05) is 13.1 Å². The van der Waals surface area contributed by atoms with Crippen molar-refractivity contribution in [3.8, 4) is 0 Å². The Morgan fingerprint density at radius 2 is 2.13 bits per heavy atom. The average molecular weight is 208 g/mol. The molecular formula is C12H20N2O. The van der Waals surface area contributed by atoms with Crippen LogP contribution < -0.4 is 5.73 Å². The lowest BCUT2D eigenvalue weighted by Crippen LogP contribution is -2.53. The van der Waals surface area contributed by atoms with Crippen LogP contribution in [0.25, 0.3) is 0 Å². The summed E-state index contributed by atoms with van der Waals surface area (Å²) < 4.78 is 0. The van der Waals surface area contributed by atoms with E-state index in [1.165, 1.54) is 25.7 Å². The van der Waals surface area contributed by atoms with E-state index in [-0.39, 0.29) is 5.54 Å². The number of piperidine rings is 1. The molecule has 0 spiro atoms. The van der Waals surface area contributed by atoms with E-state index in [1.807, 2.05) is 0 Å². The van der Waals surface area contributed by atoms with Gasteiger partial charge in [-0.2, -0.15) is 0 Å². The molecule has 3 nitrogen and oxygen atoms in total. The summed E-state index contributed by atoms with van der Waals surface area (Å²) >= 11 is 0. The Bertz CT molecular complexity index is 287. The number of nitrogens with zero attached hydrogens (tertiary/aromatic N) is 1. The predicted octanol–water partition coefficient (Wildman–Crippen LogP) is 1.13. The standard InChI is InChI=1S/C12H20N2O/c13-8-12-7-10(12)5-2-6-14(12)11(15)9-3-1-4-9/h9-10H,1-8,13H2. The Kier molecular flexibility index (Phi) is 2.06. The van der Waals surface area contributed by atoms with E-state index in [0.717, 1.165) is 25.3 Å². The van der Waals surface area contributed by atoms with E-state index >= 15 is 0 Å². The van der Waals surface area contributed by atoms with E-state index in [4.69, 9.17) is 5.73 Å². The zero-order valence-electron chi connectivity index (χ0n) is 9.24. The Balaban J connectivity index is 1.75. The highest BCUT2D eigenvalue weighted by Crippen LogP contribution is 2.54. The molecule has 84 valence electrons. The highest BCUT2D eigenvalue weighted by molar-refractivity contribution is 5.81. The molecule has 2 unspecified atom stereocenters. The fourth-order valence-electron chi connectivity index (χ4n) is 3.35. The number of hydrogen-bond acceptors (Lipinski definition) is 2. The number of carbonyl (C=O) groups is 1. The van der Waals surface area contributed by atoms with Gasteiger partial charge in [0, 0.05) is 19.0 Å². The number of hydrogen-bond donors (Lipinski definition) is 1. The Labute approximate surface area is 91.0 Å². The van der Waals surface area contributed by atoms with Crippen molar-refractivity contribution >= 4 is 5.91 Å². The number of likely N-dealkylation sites (tertiary alicyclic amines) is 1. The lowest BCUT2D eigenvalue weighted by atomic mass is 9.83. The second-order valence-corrected chi connectivity index (χ2v) is 5.47. The van der Waals surface area contributed by atoms with Gasteiger partial charge >= 0.3 is 0 Å². The molecule has 2 saturated carbocycles. The van der Waals surface area contributed by atoms with Crippen LogP contribution in [-0.2, 0) is 4.79 Å². The first kappa shape index (κ1) is 9.64. The van der Waals surface area contributed by atoms with Gasteiger partial charge in [0.1, 0.15) is 0 Å². The third kappa shape index (κ3) is 1.25. The second-order valence-electron chi connectivity index (χ2n) is 5.47. The minimum absolute atomic E-state index is 0.102. The van der Waals surface area contributed by atoms with Crippen molar-refractivity contribution in [1.29, 1.82) is 0 Å². The molecule has 3 rings (SSSR count). The van der Waals surface area contributed by atoms with Gasteiger partial charge in [-0.3, -0.25) is 4.79 Å². The zero-order chi connectivity index (χ0) is 10.5. The van der Waals surface area contributed by atoms with Crippen molar-refractivity contribution in [2.45, 2.75) is 44.1 Å². The molecule has 0 aromatic heterocycles. The van der Waals surface area contributed by atoms with Gasteiger partial charge in [-0.15, -0.1) is 0 Å². The highest BCUT2D eigenvalue weighted by atomic mass is 16.2. The number of fused-ring (bicyclic) bond motifs is 1. The summed E-state index contributed by atoms with van der Waals surface area (Å²) in [6.45, 7) is 1.64. The third-order valence-electron chi connectivity index (χ3n) is 4.75. The Hall–Kier alpha value is -0.570. The van der Waals surface area contributed by atoms with E-state index in [0.29, 0.717) is 18.4 Å². The number of carbonyl (C=O) groups excluding carboxylic acids is 1. The molecule has 2 N–H and O–H groups in total. The second kappa shape index (κ2) is 3.21. The Morgan fingerprint density at radius 3 is 2.73 bits per heavy atom. The highest BCUT2D eigenvalue weighted by Gasteiger charge is 2.60. The number of rotatable bonds is 2. The largest absolute Gasteiger partial charge is 0.335 e. The van der Waals surface area contributed by atoms with Crippen LogP contribution in [0.5, 0.6) is 0 Å². The van der Waals surface area contributed by atoms with Crippen LogP contribution in [0.4, 0.5) is 0 Å². The summed E-state index contributed by atoms with van der Waals surface area (Å²) in [5, 5.41) is 0. The molecule has 3 heteroatoms. The van der Waals surface area contributed by atoms with Gasteiger partial charge in [0.05, 0.1) is 5.54 Å². The first-order valence-corrected chi connectivity index (χ1v) is 6.29. The van der Waals surface area contributed by atoms with E-state index in [1.54, 1.807) is 0 Å². The van der Waals surface area contributed by atoms with Gasteiger partial charge < -0.3 is 10.6 Å². The number of amides is 1. The van der Waals surface area contributed by atoms with Gasteiger partial charge in [0.15, 0.2) is 0 Å². The van der Waals surface area contributed by atoms with Crippen LogP contribution in [0.1, 0.15) is 38.5 Å². The minimum Gasteiger partial charge on any atom is -0.335 e. The van der Waals surface area contributed by atoms with Crippen LogP contribution in [0.2, 0.25) is 0 Å². The van der Waals surface area contributed by atoms with Crippen molar-refractivity contribution in [1.82, 2.24) is 4.90 Å². The lowest BCUT2D eigenvalue weighted by Gasteiger charge is -2.40. The number of nitrogens with two attached hydrogens (primary N) is 1. The smallest absolute Gasteiger partial charge is 0.226 e. The monoisotopic (exact) mass is 208 g/mol. The fraction of sp³-hybridized carbons (Fsp3) is 0.917. The van der Waals surface area contributed by atoms with E-state index in [9.17, 15) is 4.79 Å². The maximum Gasteiger partial charge on any atom is 0.226 e. The topological polar surface area (TPSA) is 46.3 Å². The van der Waals surface area contributed by atoms with Gasteiger partial charge in [0.25, 0.3) is 0 Å². The summed E-state index contributed by atoms with van der Waals surface area (Å²) in [7, 11) is 0. The first-order chi connectivity index (χ1) is 7.28. The molecule has 0 aromatic carbocycles. The van der Waals surface area contributed by atoms with Crippen molar-refractivity contribution < 1.29 is 4.79 Å². The molecule has 3 aliphatic rings. The summed E-state index contributed by atoms with van der Waals surface area (Å²) in [5.74, 6) is 1.47. The average Bonchev–Trinajstić information content (AvgIpc) is 2.88. The minimum atomic E-state index is 0.102. The normalized spacial score (nSPS) is 39.5. The molecule has 2 atom stereocenters. The SMILES string of the molecule is NCC12CC1CCCN2C(=O)C1CCC1. The summed E-state index contributed by atoms with van der Waals surface area (Å²) in [5.41, 5.74) is 5.98. The van der Waals surface area contributed by atoms with Crippen LogP contribution in [0.15, 0.2) is 0 Å². The van der Waals surface area contributed by atoms with Crippen molar-refractivity contribution in [2.24, 2.45) is 17.6 Å². The molecule has 1 heterocycles. The van der Waals surface area contributed by atoms with Crippen LogP contribution in [-0.4, -0.2) is 29.4 Å². The molecular weight excluding hydrogens is 188 g/mol. The van der Waals surface area contributed by atoms with Gasteiger partial charge in [-0.25, -0.2) is 0 Å². The lowest BCUT2D eigenvalue weighted by molar-refractivity contribution is -0.142. The van der Waals surface area contributed by atoms with Crippen molar-refractivity contribution in [3.63, 3.8) is 0 Å². The predicted molar refractivity (Wildman–Crippen MR) is 58.2 cm³/mol. The summed E-state index contributed by atoms with van der Waals surface area (Å²) in [6.07, 6.45) is 7.10. The molecule has 3 fully saturated rings. The maximum absolute atomic E-state index is 12.3. The van der Waals surface area contributed by atoms with Gasteiger partial charge in [-0.1, -0.05) is 6.42 Å². The molecule has 1 aliphatic heterocycles. The van der Waals surface area contributed by atoms with Gasteiger partial charge in [-0.05, 0) is 38.0 Å². The van der Waals surface area contributed by atoms with E-state index in [2.05, 4.69) is 4.90 Å². The summed E-state index contributed by atoms with van der Waals surface area (Å²) in [4.78, 5) is 14.4. The molecule has 2 aliphatic carbocycles.